The number of carbonyl (C=O) groups excluding carboxylic acids is 1. The second kappa shape index (κ2) is 6.77. The monoisotopic (exact) mass is 283 g/mol. The molecular formula is C11H19Cl2NOS. The van der Waals surface area contributed by atoms with Crippen LogP contribution >= 0.6 is 35.0 Å². The molecule has 0 atom stereocenters. The van der Waals surface area contributed by atoms with Gasteiger partial charge in [-0.25, -0.2) is 0 Å². The Bertz CT molecular complexity index is 278. The number of nitrogens with one attached hydrogen (secondary N) is 1. The van der Waals surface area contributed by atoms with Crippen LogP contribution in [0.4, 0.5) is 0 Å². The first-order valence-corrected chi connectivity index (χ1v) is 6.71. The molecule has 0 aliphatic rings. The minimum absolute atomic E-state index is 0.0114. The van der Waals surface area contributed by atoms with Gasteiger partial charge in [-0.3, -0.25) is 4.79 Å². The molecule has 0 heterocycles. The lowest BCUT2D eigenvalue weighted by Gasteiger charge is -2.20. The highest BCUT2D eigenvalue weighted by molar-refractivity contribution is 8.04. The summed E-state index contributed by atoms with van der Waals surface area (Å²) in [5.41, 5.74) is 0. The Morgan fingerprint density at radius 2 is 1.81 bits per heavy atom. The van der Waals surface area contributed by atoms with Gasteiger partial charge in [0.2, 0.25) is 5.91 Å². The summed E-state index contributed by atoms with van der Waals surface area (Å²) in [5.74, 6) is -0.0550. The molecule has 0 bridgehead atoms. The molecule has 0 radical (unpaired) electrons. The number of halogens is 2. The predicted molar refractivity (Wildman–Crippen MR) is 74.0 cm³/mol. The molecule has 0 saturated heterocycles. The molecule has 0 unspecified atom stereocenters. The Hall–Kier alpha value is 0.140. The van der Waals surface area contributed by atoms with Crippen molar-refractivity contribution in [3.05, 3.63) is 9.40 Å². The number of hydrogen-bond donors (Lipinski definition) is 1. The molecule has 1 N–H and O–H groups in total. The molecule has 16 heavy (non-hydrogen) atoms. The van der Waals surface area contributed by atoms with Gasteiger partial charge in [0.15, 0.2) is 0 Å². The molecule has 5 heteroatoms. The normalized spacial score (nSPS) is 11.5. The minimum Gasteiger partial charge on any atom is -0.354 e. The number of amides is 1. The molecule has 0 rings (SSSR count). The highest BCUT2D eigenvalue weighted by atomic mass is 35.5. The summed E-state index contributed by atoms with van der Waals surface area (Å²) >= 11 is 13.1. The van der Waals surface area contributed by atoms with Crippen molar-refractivity contribution in [2.45, 2.75) is 51.8 Å². The van der Waals surface area contributed by atoms with Crippen LogP contribution in [-0.2, 0) is 4.79 Å². The van der Waals surface area contributed by atoms with Crippen LogP contribution in [0.1, 0.15) is 41.0 Å². The van der Waals surface area contributed by atoms with E-state index in [2.05, 4.69) is 26.1 Å². The molecule has 0 saturated carbocycles. The summed E-state index contributed by atoms with van der Waals surface area (Å²) < 4.78 is 0.168. The fraction of sp³-hybridized carbons (Fsp3) is 0.727. The zero-order chi connectivity index (χ0) is 12.9. The first-order valence-electron chi connectivity index (χ1n) is 5.14. The van der Waals surface area contributed by atoms with Crippen LogP contribution in [0.2, 0.25) is 0 Å². The van der Waals surface area contributed by atoms with E-state index in [1.807, 2.05) is 13.8 Å². The highest BCUT2D eigenvalue weighted by Gasteiger charge is 2.19. The maximum Gasteiger partial charge on any atom is 0.225 e. The third-order valence-corrected chi connectivity index (χ3v) is 3.30. The molecule has 0 aromatic rings. The average molecular weight is 284 g/mol. The third kappa shape index (κ3) is 8.31. The smallest absolute Gasteiger partial charge is 0.225 e. The molecule has 0 aromatic carbocycles. The van der Waals surface area contributed by atoms with Gasteiger partial charge in [-0.2, -0.15) is 0 Å². The first-order chi connectivity index (χ1) is 7.11. The van der Waals surface area contributed by atoms with Crippen molar-refractivity contribution in [2.24, 2.45) is 0 Å². The van der Waals surface area contributed by atoms with Crippen LogP contribution in [-0.4, -0.2) is 16.7 Å². The fourth-order valence-electron chi connectivity index (χ4n) is 1.03. The maximum absolute atomic E-state index is 11.6. The summed E-state index contributed by atoms with van der Waals surface area (Å²) in [7, 11) is 0. The lowest BCUT2D eigenvalue weighted by atomic mass is 10.3. The van der Waals surface area contributed by atoms with E-state index in [1.165, 1.54) is 11.8 Å². The molecule has 94 valence electrons. The van der Waals surface area contributed by atoms with Crippen LogP contribution in [0.5, 0.6) is 0 Å². The lowest BCUT2D eigenvalue weighted by molar-refractivity contribution is -0.120. The van der Waals surface area contributed by atoms with Gasteiger partial charge in [-0.15, -0.1) is 11.8 Å². The van der Waals surface area contributed by atoms with Gasteiger partial charge < -0.3 is 5.32 Å². The summed E-state index contributed by atoms with van der Waals surface area (Å²) in [6, 6.07) is 0.127. The number of hydrogen-bond acceptors (Lipinski definition) is 2. The average Bonchev–Trinajstić information content (AvgIpc) is 1.97. The zero-order valence-corrected chi connectivity index (χ0v) is 12.7. The van der Waals surface area contributed by atoms with Crippen molar-refractivity contribution in [1.29, 1.82) is 0 Å². The molecule has 0 aliphatic carbocycles. The Labute approximate surface area is 112 Å². The van der Waals surface area contributed by atoms with E-state index in [-0.39, 0.29) is 27.6 Å². The van der Waals surface area contributed by atoms with Crippen molar-refractivity contribution in [3.63, 3.8) is 0 Å². The summed E-state index contributed by atoms with van der Waals surface area (Å²) in [4.78, 5) is 12.3. The second-order valence-corrected chi connectivity index (χ2v) is 7.67. The zero-order valence-electron chi connectivity index (χ0n) is 10.4. The highest BCUT2D eigenvalue weighted by Crippen LogP contribution is 2.37. The van der Waals surface area contributed by atoms with Gasteiger partial charge in [-0.05, 0) is 13.8 Å². The topological polar surface area (TPSA) is 29.1 Å². The number of thioether (sulfide) groups is 1. The summed E-state index contributed by atoms with van der Waals surface area (Å²) in [5, 5.41) is 2.81. The van der Waals surface area contributed by atoms with Crippen LogP contribution in [0.25, 0.3) is 0 Å². The van der Waals surface area contributed by atoms with Crippen LogP contribution in [0, 0.1) is 0 Å². The van der Waals surface area contributed by atoms with Gasteiger partial charge in [0, 0.05) is 15.7 Å². The largest absolute Gasteiger partial charge is 0.354 e. The van der Waals surface area contributed by atoms with Crippen molar-refractivity contribution in [2.75, 3.05) is 0 Å². The van der Waals surface area contributed by atoms with Gasteiger partial charge in [-0.1, -0.05) is 44.0 Å². The molecule has 0 aromatic heterocycles. The van der Waals surface area contributed by atoms with E-state index in [1.54, 1.807) is 0 Å². The van der Waals surface area contributed by atoms with Crippen LogP contribution < -0.4 is 5.32 Å². The summed E-state index contributed by atoms with van der Waals surface area (Å²) in [6.07, 6.45) is 0.239. The Morgan fingerprint density at radius 3 is 2.12 bits per heavy atom. The number of rotatable bonds is 4. The number of carbonyl (C=O) groups is 1. The first kappa shape index (κ1) is 16.1. The summed E-state index contributed by atoms with van der Waals surface area (Å²) in [6.45, 7) is 9.99. The molecule has 0 aliphatic heterocycles. The minimum atomic E-state index is -0.0550. The fourth-order valence-corrected chi connectivity index (χ4v) is 2.41. The molecule has 1 amide bonds. The third-order valence-electron chi connectivity index (χ3n) is 1.41. The Kier molecular flexibility index (Phi) is 6.83. The van der Waals surface area contributed by atoms with Gasteiger partial charge in [0.25, 0.3) is 0 Å². The van der Waals surface area contributed by atoms with Crippen LogP contribution in [0.15, 0.2) is 9.40 Å². The van der Waals surface area contributed by atoms with E-state index < -0.39 is 0 Å². The standard InChI is InChI=1S/C11H19Cl2NOS/c1-7(2)14-9(15)6-8(10(12)13)16-11(3,4)5/h7H,6H2,1-5H3,(H,14,15). The maximum atomic E-state index is 11.6. The van der Waals surface area contributed by atoms with E-state index in [0.29, 0.717) is 4.91 Å². The Morgan fingerprint density at radius 1 is 1.31 bits per heavy atom. The van der Waals surface area contributed by atoms with E-state index in [9.17, 15) is 4.79 Å². The van der Waals surface area contributed by atoms with Crippen molar-refractivity contribution in [1.82, 2.24) is 5.32 Å². The van der Waals surface area contributed by atoms with Gasteiger partial charge in [0.1, 0.15) is 4.49 Å². The van der Waals surface area contributed by atoms with Gasteiger partial charge >= 0.3 is 0 Å². The van der Waals surface area contributed by atoms with E-state index in [0.717, 1.165) is 0 Å². The van der Waals surface area contributed by atoms with Crippen molar-refractivity contribution < 1.29 is 4.79 Å². The molecule has 0 spiro atoms. The molecule has 0 fully saturated rings. The van der Waals surface area contributed by atoms with E-state index >= 15 is 0 Å². The quantitative estimate of drug-likeness (QED) is 0.842. The van der Waals surface area contributed by atoms with E-state index in [4.69, 9.17) is 23.2 Å². The lowest BCUT2D eigenvalue weighted by Crippen LogP contribution is -2.30. The van der Waals surface area contributed by atoms with Gasteiger partial charge in [0.05, 0.1) is 6.42 Å². The molecular weight excluding hydrogens is 265 g/mol. The Balaban J connectivity index is 4.50. The molecule has 2 nitrogen and oxygen atoms in total. The van der Waals surface area contributed by atoms with Crippen LogP contribution in [0.3, 0.4) is 0 Å². The van der Waals surface area contributed by atoms with Crippen molar-refractivity contribution in [3.8, 4) is 0 Å². The SMILES string of the molecule is CC(C)NC(=O)CC(SC(C)(C)C)=C(Cl)Cl. The second-order valence-electron chi connectivity index (χ2n) is 4.80. The van der Waals surface area contributed by atoms with Crippen molar-refractivity contribution >= 4 is 40.9 Å². The predicted octanol–water partition coefficient (Wildman–Crippen LogP) is 4.08.